The number of carbonyl (C=O) groups is 3. The first-order chi connectivity index (χ1) is 14.9. The first-order valence-electron chi connectivity index (χ1n) is 11.1. The summed E-state index contributed by atoms with van der Waals surface area (Å²) in [5.41, 5.74) is 1.06. The van der Waals surface area contributed by atoms with Gasteiger partial charge in [0.1, 0.15) is 17.7 Å². The lowest BCUT2D eigenvalue weighted by Crippen LogP contribution is -2.53. The Kier molecular flexibility index (Phi) is 11.1. The van der Waals surface area contributed by atoms with Crippen molar-refractivity contribution >= 4 is 29.7 Å². The molecule has 1 aromatic carbocycles. The lowest BCUT2D eigenvalue weighted by atomic mass is 10.0. The first kappa shape index (κ1) is 27.8. The number of aryl methyl sites for hydroxylation is 1. The second-order valence-corrected chi connectivity index (χ2v) is 10.1. The third-order valence-corrected chi connectivity index (χ3v) is 5.22. The van der Waals surface area contributed by atoms with E-state index < -0.39 is 23.8 Å². The highest BCUT2D eigenvalue weighted by atomic mass is 32.2. The lowest BCUT2D eigenvalue weighted by molar-refractivity contribution is -0.142. The number of benzene rings is 1. The van der Waals surface area contributed by atoms with Crippen LogP contribution in [0.5, 0.6) is 0 Å². The minimum Gasteiger partial charge on any atom is -0.444 e. The van der Waals surface area contributed by atoms with Crippen LogP contribution in [0.2, 0.25) is 0 Å². The molecule has 0 fully saturated rings. The summed E-state index contributed by atoms with van der Waals surface area (Å²) in [6.07, 6.45) is 1.73. The molecule has 2 N–H and O–H groups in total. The number of rotatable bonds is 10. The molecule has 8 heteroatoms. The predicted molar refractivity (Wildman–Crippen MR) is 131 cm³/mol. The number of carbonyl (C=O) groups excluding carboxylic acids is 3. The van der Waals surface area contributed by atoms with Crippen molar-refractivity contribution in [3.05, 3.63) is 35.4 Å². The number of hydrogen-bond acceptors (Lipinski definition) is 5. The standard InChI is InChI=1S/C24H39N3O4S/c1-9-27(20(21(28)25-16(2)3)18-12-10-11-17(4)15-18)22(29)19(13-14-32-8)26-23(30)31-24(5,6)7/h10-12,15-16,19-20H,9,13-14H2,1-8H3,(H,25,28)(H,26,30). The smallest absolute Gasteiger partial charge is 0.408 e. The highest BCUT2D eigenvalue weighted by molar-refractivity contribution is 7.98. The van der Waals surface area contributed by atoms with Gasteiger partial charge in [-0.25, -0.2) is 4.79 Å². The maximum Gasteiger partial charge on any atom is 0.408 e. The molecular weight excluding hydrogens is 426 g/mol. The van der Waals surface area contributed by atoms with E-state index in [0.717, 1.165) is 11.1 Å². The second-order valence-electron chi connectivity index (χ2n) is 9.08. The molecule has 0 heterocycles. The minimum absolute atomic E-state index is 0.0733. The van der Waals surface area contributed by atoms with Crippen LogP contribution < -0.4 is 10.6 Å². The Balaban J connectivity index is 3.30. The number of alkyl carbamates (subject to hydrolysis) is 1. The molecule has 0 spiro atoms. The molecule has 7 nitrogen and oxygen atoms in total. The van der Waals surface area contributed by atoms with E-state index in [1.54, 1.807) is 32.5 Å². The lowest BCUT2D eigenvalue weighted by Gasteiger charge is -2.34. The van der Waals surface area contributed by atoms with Crippen molar-refractivity contribution in [3.63, 3.8) is 0 Å². The van der Waals surface area contributed by atoms with Gasteiger partial charge < -0.3 is 20.3 Å². The molecule has 32 heavy (non-hydrogen) atoms. The zero-order valence-corrected chi connectivity index (χ0v) is 21.5. The summed E-state index contributed by atoms with van der Waals surface area (Å²) in [6, 6.07) is 5.93. The highest BCUT2D eigenvalue weighted by Crippen LogP contribution is 2.24. The Morgan fingerprint density at radius 1 is 1.16 bits per heavy atom. The molecule has 1 aromatic rings. The van der Waals surface area contributed by atoms with Crippen molar-refractivity contribution in [1.82, 2.24) is 15.5 Å². The molecule has 0 aliphatic carbocycles. The number of nitrogens with one attached hydrogen (secondary N) is 2. The molecule has 0 radical (unpaired) electrons. The molecule has 0 saturated heterocycles. The Labute approximate surface area is 197 Å². The largest absolute Gasteiger partial charge is 0.444 e. The average Bonchev–Trinajstić information content (AvgIpc) is 2.66. The van der Waals surface area contributed by atoms with E-state index in [0.29, 0.717) is 18.7 Å². The molecular formula is C24H39N3O4S. The predicted octanol–water partition coefficient (Wildman–Crippen LogP) is 4.06. The summed E-state index contributed by atoms with van der Waals surface area (Å²) in [7, 11) is 0. The monoisotopic (exact) mass is 465 g/mol. The summed E-state index contributed by atoms with van der Waals surface area (Å²) >= 11 is 1.59. The first-order valence-corrected chi connectivity index (χ1v) is 12.4. The topological polar surface area (TPSA) is 87.7 Å². The van der Waals surface area contributed by atoms with E-state index in [-0.39, 0.29) is 17.9 Å². The quantitative estimate of drug-likeness (QED) is 0.544. The number of hydrogen-bond donors (Lipinski definition) is 2. The van der Waals surface area contributed by atoms with Gasteiger partial charge in [0.05, 0.1) is 0 Å². The fourth-order valence-electron chi connectivity index (χ4n) is 3.29. The van der Waals surface area contributed by atoms with Crippen molar-refractivity contribution in [1.29, 1.82) is 0 Å². The van der Waals surface area contributed by atoms with Crippen molar-refractivity contribution in [3.8, 4) is 0 Å². The van der Waals surface area contributed by atoms with E-state index in [4.69, 9.17) is 4.74 Å². The molecule has 0 aliphatic heterocycles. The van der Waals surface area contributed by atoms with Crippen molar-refractivity contribution in [2.75, 3.05) is 18.6 Å². The van der Waals surface area contributed by atoms with Crippen LogP contribution in [0.1, 0.15) is 65.1 Å². The third-order valence-electron chi connectivity index (χ3n) is 4.57. The van der Waals surface area contributed by atoms with E-state index in [2.05, 4.69) is 10.6 Å². The van der Waals surface area contributed by atoms with E-state index in [9.17, 15) is 14.4 Å². The molecule has 2 unspecified atom stereocenters. The van der Waals surface area contributed by atoms with Crippen LogP contribution in [0.15, 0.2) is 24.3 Å². The van der Waals surface area contributed by atoms with Crippen LogP contribution in [0.25, 0.3) is 0 Å². The molecule has 0 aliphatic rings. The van der Waals surface area contributed by atoms with E-state index >= 15 is 0 Å². The fraction of sp³-hybridized carbons (Fsp3) is 0.625. The summed E-state index contributed by atoms with van der Waals surface area (Å²) in [5, 5.41) is 5.66. The number of nitrogens with zero attached hydrogens (tertiary/aromatic N) is 1. The van der Waals surface area contributed by atoms with Crippen LogP contribution in [-0.4, -0.2) is 59.0 Å². The SMILES string of the molecule is CCN(C(=O)C(CCSC)NC(=O)OC(C)(C)C)C(C(=O)NC(C)C)c1cccc(C)c1. The molecule has 180 valence electrons. The number of likely N-dealkylation sites (N-methyl/N-ethyl adjacent to an activating group) is 1. The number of amides is 3. The molecule has 0 saturated carbocycles. The zero-order chi connectivity index (χ0) is 24.5. The van der Waals surface area contributed by atoms with Gasteiger partial charge in [-0.05, 0) is 72.5 Å². The van der Waals surface area contributed by atoms with Crippen LogP contribution in [0.4, 0.5) is 4.79 Å². The van der Waals surface area contributed by atoms with Crippen molar-refractivity contribution in [2.24, 2.45) is 0 Å². The van der Waals surface area contributed by atoms with Gasteiger partial charge in [0.15, 0.2) is 0 Å². The molecule has 0 bridgehead atoms. The van der Waals surface area contributed by atoms with Gasteiger partial charge in [0.25, 0.3) is 0 Å². The van der Waals surface area contributed by atoms with Crippen LogP contribution >= 0.6 is 11.8 Å². The van der Waals surface area contributed by atoms with Crippen LogP contribution in [0.3, 0.4) is 0 Å². The molecule has 0 aromatic heterocycles. The van der Waals surface area contributed by atoms with Crippen molar-refractivity contribution in [2.45, 2.75) is 78.6 Å². The van der Waals surface area contributed by atoms with Gasteiger partial charge >= 0.3 is 6.09 Å². The van der Waals surface area contributed by atoms with Crippen LogP contribution in [0, 0.1) is 6.92 Å². The van der Waals surface area contributed by atoms with Gasteiger partial charge in [-0.3, -0.25) is 9.59 Å². The Bertz CT molecular complexity index is 777. The van der Waals surface area contributed by atoms with Crippen LogP contribution in [-0.2, 0) is 14.3 Å². The van der Waals surface area contributed by atoms with Gasteiger partial charge in [-0.1, -0.05) is 29.8 Å². The molecule has 2 atom stereocenters. The summed E-state index contributed by atoms with van der Waals surface area (Å²) in [4.78, 5) is 40.8. The minimum atomic E-state index is -0.799. The highest BCUT2D eigenvalue weighted by Gasteiger charge is 2.35. The summed E-state index contributed by atoms with van der Waals surface area (Å²) < 4.78 is 5.37. The maximum absolute atomic E-state index is 13.6. The second kappa shape index (κ2) is 12.7. The van der Waals surface area contributed by atoms with E-state index in [1.165, 1.54) is 4.90 Å². The van der Waals surface area contributed by atoms with Crippen molar-refractivity contribution < 1.29 is 19.1 Å². The average molecular weight is 466 g/mol. The van der Waals surface area contributed by atoms with E-state index in [1.807, 2.05) is 58.2 Å². The normalized spacial score (nSPS) is 13.3. The number of thioether (sulfide) groups is 1. The summed E-state index contributed by atoms with van der Waals surface area (Å²) in [6.45, 7) is 13.2. The Morgan fingerprint density at radius 2 is 1.81 bits per heavy atom. The molecule has 3 amide bonds. The molecule has 1 rings (SSSR count). The Hall–Kier alpha value is -2.22. The van der Waals surface area contributed by atoms with Gasteiger partial charge in [-0.15, -0.1) is 0 Å². The summed E-state index contributed by atoms with van der Waals surface area (Å²) in [5.74, 6) is 0.122. The fourth-order valence-corrected chi connectivity index (χ4v) is 3.76. The third kappa shape index (κ3) is 9.10. The Morgan fingerprint density at radius 3 is 2.31 bits per heavy atom. The number of ether oxygens (including phenoxy) is 1. The zero-order valence-electron chi connectivity index (χ0n) is 20.7. The van der Waals surface area contributed by atoms with Gasteiger partial charge in [0, 0.05) is 12.6 Å². The van der Waals surface area contributed by atoms with Gasteiger partial charge in [-0.2, -0.15) is 11.8 Å². The maximum atomic E-state index is 13.6. The van der Waals surface area contributed by atoms with Gasteiger partial charge in [0.2, 0.25) is 11.8 Å².